The number of carbonyl (C=O) groups excluding carboxylic acids is 4. The Labute approximate surface area is 196 Å². The lowest BCUT2D eigenvalue weighted by Crippen LogP contribution is -2.55. The van der Waals surface area contributed by atoms with Crippen molar-refractivity contribution >= 4 is 23.8 Å². The Kier molecular flexibility index (Phi) is 11.4. The van der Waals surface area contributed by atoms with Gasteiger partial charge in [-0.2, -0.15) is 0 Å². The van der Waals surface area contributed by atoms with Gasteiger partial charge in [0.1, 0.15) is 17.7 Å². The molecule has 0 fully saturated rings. The first-order valence-electron chi connectivity index (χ1n) is 11.2. The summed E-state index contributed by atoms with van der Waals surface area (Å²) in [4.78, 5) is 50.6. The molecule has 9 nitrogen and oxygen atoms in total. The smallest absolute Gasteiger partial charge is 0.410 e. The number of hydrogen-bond donors (Lipinski definition) is 3. The van der Waals surface area contributed by atoms with Crippen LogP contribution in [0.5, 0.6) is 0 Å². The van der Waals surface area contributed by atoms with Crippen molar-refractivity contribution in [3.05, 3.63) is 35.9 Å². The van der Waals surface area contributed by atoms with E-state index in [0.29, 0.717) is 25.8 Å². The maximum Gasteiger partial charge on any atom is 0.410 e. The highest BCUT2D eigenvalue weighted by Crippen LogP contribution is 2.15. The standard InChI is InChI=1S/C24H38N4O5/c1-17(29)26-15-11-10-14-19(21(30)25-5)27-22(31)20(16-18-12-8-7-9-13-18)28(6)23(32)33-24(2,3)4/h7-9,12-13,19-20H,10-11,14-16H2,1-6H3,(H,25,30)(H,26,29)(H,27,31)/t19-,20+/m0/s1. The van der Waals surface area contributed by atoms with E-state index in [1.165, 1.54) is 25.9 Å². The summed E-state index contributed by atoms with van der Waals surface area (Å²) in [6.45, 7) is 7.22. The van der Waals surface area contributed by atoms with Crippen molar-refractivity contribution in [1.82, 2.24) is 20.9 Å². The molecule has 0 unspecified atom stereocenters. The Hall–Kier alpha value is -3.10. The fourth-order valence-electron chi connectivity index (χ4n) is 3.15. The Morgan fingerprint density at radius 1 is 1.03 bits per heavy atom. The summed E-state index contributed by atoms with van der Waals surface area (Å²) in [7, 11) is 3.02. The van der Waals surface area contributed by atoms with E-state index >= 15 is 0 Å². The number of rotatable bonds is 11. The van der Waals surface area contributed by atoms with Crippen molar-refractivity contribution in [3.8, 4) is 0 Å². The largest absolute Gasteiger partial charge is 0.444 e. The third kappa shape index (κ3) is 10.9. The number of amides is 4. The molecule has 3 N–H and O–H groups in total. The predicted octanol–water partition coefficient (Wildman–Crippen LogP) is 2.00. The van der Waals surface area contributed by atoms with Crippen LogP contribution < -0.4 is 16.0 Å². The lowest BCUT2D eigenvalue weighted by molar-refractivity contribution is -0.131. The van der Waals surface area contributed by atoms with E-state index in [1.54, 1.807) is 20.8 Å². The van der Waals surface area contributed by atoms with Crippen LogP contribution >= 0.6 is 0 Å². The number of nitrogens with zero attached hydrogens (tertiary/aromatic N) is 1. The number of unbranched alkanes of at least 4 members (excludes halogenated alkanes) is 1. The normalized spacial score (nSPS) is 12.8. The first-order valence-corrected chi connectivity index (χ1v) is 11.2. The fourth-order valence-corrected chi connectivity index (χ4v) is 3.15. The van der Waals surface area contributed by atoms with Gasteiger partial charge < -0.3 is 20.7 Å². The van der Waals surface area contributed by atoms with Crippen molar-refractivity contribution in [2.75, 3.05) is 20.6 Å². The second-order valence-corrected chi connectivity index (χ2v) is 8.95. The average molecular weight is 463 g/mol. The quantitative estimate of drug-likeness (QED) is 0.435. The Bertz CT molecular complexity index is 792. The van der Waals surface area contributed by atoms with Gasteiger partial charge in [-0.1, -0.05) is 30.3 Å². The molecule has 0 aromatic heterocycles. The predicted molar refractivity (Wildman–Crippen MR) is 126 cm³/mol. The first-order chi connectivity index (χ1) is 15.4. The zero-order valence-corrected chi connectivity index (χ0v) is 20.6. The molecule has 0 aliphatic rings. The van der Waals surface area contributed by atoms with Crippen LogP contribution in [0.4, 0.5) is 4.79 Å². The lowest BCUT2D eigenvalue weighted by Gasteiger charge is -2.31. The maximum atomic E-state index is 13.3. The van der Waals surface area contributed by atoms with Gasteiger partial charge in [-0.3, -0.25) is 19.3 Å². The third-order valence-electron chi connectivity index (χ3n) is 4.90. The molecule has 0 spiro atoms. The van der Waals surface area contributed by atoms with E-state index in [9.17, 15) is 19.2 Å². The second kappa shape index (κ2) is 13.4. The number of benzene rings is 1. The number of likely N-dealkylation sites (N-methyl/N-ethyl adjacent to an activating group) is 2. The molecule has 0 saturated heterocycles. The van der Waals surface area contributed by atoms with Crippen molar-refractivity contribution in [2.45, 2.75) is 71.1 Å². The lowest BCUT2D eigenvalue weighted by atomic mass is 10.0. The summed E-state index contributed by atoms with van der Waals surface area (Å²) in [6.07, 6.45) is 1.35. The van der Waals surface area contributed by atoms with E-state index in [2.05, 4.69) is 16.0 Å². The van der Waals surface area contributed by atoms with Crippen LogP contribution in [0.1, 0.15) is 52.5 Å². The van der Waals surface area contributed by atoms with Gasteiger partial charge in [-0.05, 0) is 45.6 Å². The van der Waals surface area contributed by atoms with Gasteiger partial charge in [0.05, 0.1) is 0 Å². The molecule has 184 valence electrons. The summed E-state index contributed by atoms with van der Waals surface area (Å²) in [5.74, 6) is -0.871. The Morgan fingerprint density at radius 3 is 2.21 bits per heavy atom. The molecule has 0 bridgehead atoms. The van der Waals surface area contributed by atoms with E-state index in [0.717, 1.165) is 5.56 Å². The molecule has 0 aliphatic carbocycles. The summed E-state index contributed by atoms with van der Waals surface area (Å²) < 4.78 is 5.45. The summed E-state index contributed by atoms with van der Waals surface area (Å²) in [6, 6.07) is 7.72. The fraction of sp³-hybridized carbons (Fsp3) is 0.583. The number of ether oxygens (including phenoxy) is 1. The van der Waals surface area contributed by atoms with Crippen LogP contribution in [0, 0.1) is 0 Å². The maximum absolute atomic E-state index is 13.3. The summed E-state index contributed by atoms with van der Waals surface area (Å²) in [5, 5.41) is 8.08. The summed E-state index contributed by atoms with van der Waals surface area (Å²) >= 11 is 0. The van der Waals surface area contributed by atoms with Crippen molar-refractivity contribution in [2.24, 2.45) is 0 Å². The number of carbonyl (C=O) groups is 4. The highest BCUT2D eigenvalue weighted by molar-refractivity contribution is 5.91. The van der Waals surface area contributed by atoms with Gasteiger partial charge >= 0.3 is 6.09 Å². The number of hydrogen-bond acceptors (Lipinski definition) is 5. The van der Waals surface area contributed by atoms with Gasteiger partial charge in [0.25, 0.3) is 0 Å². The second-order valence-electron chi connectivity index (χ2n) is 8.95. The molecule has 1 rings (SSSR count). The molecular formula is C24H38N4O5. The first kappa shape index (κ1) is 27.9. The van der Waals surface area contributed by atoms with E-state index in [4.69, 9.17) is 4.74 Å². The molecule has 4 amide bonds. The van der Waals surface area contributed by atoms with Gasteiger partial charge in [0, 0.05) is 34.0 Å². The minimum absolute atomic E-state index is 0.111. The van der Waals surface area contributed by atoms with Crippen LogP contribution in [0.2, 0.25) is 0 Å². The van der Waals surface area contributed by atoms with Crippen LogP contribution in [-0.2, 0) is 25.5 Å². The molecular weight excluding hydrogens is 424 g/mol. The average Bonchev–Trinajstić information content (AvgIpc) is 2.74. The summed E-state index contributed by atoms with van der Waals surface area (Å²) in [5.41, 5.74) is 0.164. The number of nitrogens with one attached hydrogen (secondary N) is 3. The van der Waals surface area contributed by atoms with Crippen LogP contribution in [0.3, 0.4) is 0 Å². The van der Waals surface area contributed by atoms with Crippen LogP contribution in [0.15, 0.2) is 30.3 Å². The molecule has 1 aromatic rings. The van der Waals surface area contributed by atoms with E-state index in [1.807, 2.05) is 30.3 Å². The molecule has 33 heavy (non-hydrogen) atoms. The van der Waals surface area contributed by atoms with Gasteiger partial charge in [-0.25, -0.2) is 4.79 Å². The molecule has 0 saturated carbocycles. The zero-order valence-electron chi connectivity index (χ0n) is 20.6. The van der Waals surface area contributed by atoms with Gasteiger partial charge in [0.15, 0.2) is 0 Å². The highest BCUT2D eigenvalue weighted by Gasteiger charge is 2.32. The molecule has 2 atom stereocenters. The van der Waals surface area contributed by atoms with Crippen LogP contribution in [-0.4, -0.2) is 67.0 Å². The molecule has 9 heteroatoms. The Morgan fingerprint density at radius 2 is 1.67 bits per heavy atom. The monoisotopic (exact) mass is 462 g/mol. The van der Waals surface area contributed by atoms with Crippen molar-refractivity contribution < 1.29 is 23.9 Å². The van der Waals surface area contributed by atoms with Crippen molar-refractivity contribution in [1.29, 1.82) is 0 Å². The minimum Gasteiger partial charge on any atom is -0.444 e. The Balaban J connectivity index is 2.96. The van der Waals surface area contributed by atoms with E-state index in [-0.39, 0.29) is 18.2 Å². The molecule has 0 aliphatic heterocycles. The van der Waals surface area contributed by atoms with Gasteiger partial charge in [0.2, 0.25) is 17.7 Å². The third-order valence-corrected chi connectivity index (χ3v) is 4.90. The zero-order chi connectivity index (χ0) is 25.0. The van der Waals surface area contributed by atoms with Gasteiger partial charge in [-0.15, -0.1) is 0 Å². The topological polar surface area (TPSA) is 117 Å². The van der Waals surface area contributed by atoms with Crippen molar-refractivity contribution in [3.63, 3.8) is 0 Å². The minimum atomic E-state index is -0.867. The van der Waals surface area contributed by atoms with Crippen LogP contribution in [0.25, 0.3) is 0 Å². The molecule has 0 heterocycles. The van der Waals surface area contributed by atoms with E-state index < -0.39 is 29.7 Å². The highest BCUT2D eigenvalue weighted by atomic mass is 16.6. The molecule has 0 radical (unpaired) electrons. The molecule has 1 aromatic carbocycles. The SMILES string of the molecule is CNC(=O)[C@H](CCCCNC(C)=O)NC(=O)[C@@H](Cc1ccccc1)N(C)C(=O)OC(C)(C)C.